The molecule has 0 heterocycles. The molecule has 0 aliphatic carbocycles. The molecule has 0 amide bonds. The standard InChI is InChI=1S/C17H19Cl2NO/c1-3-12-10-15(8-9-16(12)19)21-17(11(2)20)13-4-6-14(18)7-5-13/h4-11,17H,3,20H2,1-2H3. The number of ether oxygens (including phenoxy) is 1. The number of hydrogen-bond acceptors (Lipinski definition) is 2. The molecular weight excluding hydrogens is 305 g/mol. The van der Waals surface area contributed by atoms with Crippen LogP contribution in [-0.4, -0.2) is 6.04 Å². The van der Waals surface area contributed by atoms with Crippen molar-refractivity contribution < 1.29 is 4.74 Å². The van der Waals surface area contributed by atoms with E-state index in [2.05, 4.69) is 6.92 Å². The van der Waals surface area contributed by atoms with Crippen LogP contribution >= 0.6 is 23.2 Å². The lowest BCUT2D eigenvalue weighted by atomic mass is 10.0. The topological polar surface area (TPSA) is 35.2 Å². The van der Waals surface area contributed by atoms with Crippen molar-refractivity contribution in [1.29, 1.82) is 0 Å². The minimum absolute atomic E-state index is 0.146. The van der Waals surface area contributed by atoms with Gasteiger partial charge in [-0.2, -0.15) is 0 Å². The molecule has 0 aromatic heterocycles. The van der Waals surface area contributed by atoms with Crippen LogP contribution in [0, 0.1) is 0 Å². The molecule has 0 saturated carbocycles. The number of halogens is 2. The Hall–Kier alpha value is -1.22. The highest BCUT2D eigenvalue weighted by Gasteiger charge is 2.18. The van der Waals surface area contributed by atoms with E-state index in [1.165, 1.54) is 0 Å². The number of rotatable bonds is 5. The molecule has 0 aliphatic rings. The molecule has 0 saturated heterocycles. The maximum Gasteiger partial charge on any atom is 0.138 e. The summed E-state index contributed by atoms with van der Waals surface area (Å²) in [4.78, 5) is 0. The summed E-state index contributed by atoms with van der Waals surface area (Å²) < 4.78 is 6.07. The molecule has 2 rings (SSSR count). The van der Waals surface area contributed by atoms with E-state index in [0.717, 1.165) is 28.3 Å². The maximum absolute atomic E-state index is 6.13. The molecule has 0 bridgehead atoms. The van der Waals surface area contributed by atoms with Gasteiger partial charge in [0.2, 0.25) is 0 Å². The summed E-state index contributed by atoms with van der Waals surface area (Å²) in [5.74, 6) is 0.772. The summed E-state index contributed by atoms with van der Waals surface area (Å²) in [5.41, 5.74) is 8.14. The lowest BCUT2D eigenvalue weighted by Gasteiger charge is -2.23. The van der Waals surface area contributed by atoms with Crippen LogP contribution in [0.4, 0.5) is 0 Å². The van der Waals surface area contributed by atoms with E-state index in [0.29, 0.717) is 5.02 Å². The number of aryl methyl sites for hydroxylation is 1. The first-order valence-corrected chi connectivity index (χ1v) is 7.73. The van der Waals surface area contributed by atoms with E-state index in [-0.39, 0.29) is 12.1 Å². The Morgan fingerprint density at radius 1 is 1.10 bits per heavy atom. The summed E-state index contributed by atoms with van der Waals surface area (Å²) in [7, 11) is 0. The van der Waals surface area contributed by atoms with E-state index >= 15 is 0 Å². The second-order valence-electron chi connectivity index (χ2n) is 5.06. The molecule has 2 atom stereocenters. The van der Waals surface area contributed by atoms with E-state index in [1.807, 2.05) is 49.4 Å². The van der Waals surface area contributed by atoms with Gasteiger partial charge in [-0.3, -0.25) is 0 Å². The third-order valence-corrected chi connectivity index (χ3v) is 3.96. The van der Waals surface area contributed by atoms with Gasteiger partial charge in [0.05, 0.1) is 0 Å². The molecule has 2 N–H and O–H groups in total. The van der Waals surface area contributed by atoms with Crippen molar-refractivity contribution in [2.45, 2.75) is 32.4 Å². The van der Waals surface area contributed by atoms with Crippen LogP contribution in [0.25, 0.3) is 0 Å². The third kappa shape index (κ3) is 4.13. The Balaban J connectivity index is 2.26. The zero-order valence-electron chi connectivity index (χ0n) is 12.1. The van der Waals surface area contributed by atoms with Gasteiger partial charge < -0.3 is 10.5 Å². The Kier molecular flexibility index (Phi) is 5.51. The Bertz CT molecular complexity index is 596. The summed E-state index contributed by atoms with van der Waals surface area (Å²) in [6, 6.07) is 13.1. The minimum Gasteiger partial charge on any atom is -0.484 e. The van der Waals surface area contributed by atoms with Crippen molar-refractivity contribution >= 4 is 23.2 Å². The Morgan fingerprint density at radius 2 is 1.76 bits per heavy atom. The second kappa shape index (κ2) is 7.17. The van der Waals surface area contributed by atoms with E-state index < -0.39 is 0 Å². The highest BCUT2D eigenvalue weighted by atomic mass is 35.5. The molecule has 2 nitrogen and oxygen atoms in total. The molecule has 0 spiro atoms. The minimum atomic E-state index is -0.229. The van der Waals surface area contributed by atoms with Crippen LogP contribution in [0.5, 0.6) is 5.75 Å². The normalized spacial score (nSPS) is 13.8. The molecule has 2 aromatic carbocycles. The van der Waals surface area contributed by atoms with Crippen LogP contribution in [0.3, 0.4) is 0 Å². The van der Waals surface area contributed by atoms with Gasteiger partial charge in [0, 0.05) is 16.1 Å². The SMILES string of the molecule is CCc1cc(OC(c2ccc(Cl)cc2)C(C)N)ccc1Cl. The van der Waals surface area contributed by atoms with Gasteiger partial charge in [-0.25, -0.2) is 0 Å². The van der Waals surface area contributed by atoms with Gasteiger partial charge in [0.15, 0.2) is 0 Å². The van der Waals surface area contributed by atoms with Gasteiger partial charge >= 0.3 is 0 Å². The third-order valence-electron chi connectivity index (χ3n) is 3.34. The van der Waals surface area contributed by atoms with Crippen LogP contribution < -0.4 is 10.5 Å². The molecule has 2 aromatic rings. The number of nitrogens with two attached hydrogens (primary N) is 1. The van der Waals surface area contributed by atoms with Crippen molar-refractivity contribution in [3.05, 3.63) is 63.6 Å². The summed E-state index contributed by atoms with van der Waals surface area (Å²) in [6.45, 7) is 3.99. The first-order valence-electron chi connectivity index (χ1n) is 6.97. The molecule has 0 aliphatic heterocycles. The van der Waals surface area contributed by atoms with Crippen LogP contribution in [0.15, 0.2) is 42.5 Å². The predicted molar refractivity (Wildman–Crippen MR) is 89.3 cm³/mol. The average molecular weight is 324 g/mol. The summed E-state index contributed by atoms with van der Waals surface area (Å²) in [6.07, 6.45) is 0.632. The molecule has 4 heteroatoms. The largest absolute Gasteiger partial charge is 0.484 e. The van der Waals surface area contributed by atoms with Crippen molar-refractivity contribution in [2.24, 2.45) is 5.73 Å². The van der Waals surface area contributed by atoms with Crippen molar-refractivity contribution in [2.75, 3.05) is 0 Å². The van der Waals surface area contributed by atoms with Crippen molar-refractivity contribution in [1.82, 2.24) is 0 Å². The van der Waals surface area contributed by atoms with Gasteiger partial charge in [0.1, 0.15) is 11.9 Å². The maximum atomic E-state index is 6.13. The molecule has 0 radical (unpaired) electrons. The van der Waals surface area contributed by atoms with Gasteiger partial charge in [0.25, 0.3) is 0 Å². The molecule has 112 valence electrons. The summed E-state index contributed by atoms with van der Waals surface area (Å²) in [5, 5.41) is 1.45. The van der Waals surface area contributed by atoms with Gasteiger partial charge in [-0.1, -0.05) is 42.3 Å². The van der Waals surface area contributed by atoms with E-state index in [9.17, 15) is 0 Å². The quantitative estimate of drug-likeness (QED) is 0.838. The molecular formula is C17H19Cl2NO. The van der Waals surface area contributed by atoms with Crippen LogP contribution in [-0.2, 0) is 6.42 Å². The highest BCUT2D eigenvalue weighted by Crippen LogP contribution is 2.28. The zero-order valence-corrected chi connectivity index (χ0v) is 13.7. The predicted octanol–water partition coefficient (Wildman–Crippen LogP) is 5.02. The number of benzene rings is 2. The molecule has 0 fully saturated rings. The van der Waals surface area contributed by atoms with E-state index in [1.54, 1.807) is 0 Å². The average Bonchev–Trinajstić information content (AvgIpc) is 2.47. The van der Waals surface area contributed by atoms with Crippen molar-refractivity contribution in [3.63, 3.8) is 0 Å². The monoisotopic (exact) mass is 323 g/mol. The Labute approximate surface area is 135 Å². The van der Waals surface area contributed by atoms with E-state index in [4.69, 9.17) is 33.7 Å². The fraction of sp³-hybridized carbons (Fsp3) is 0.294. The fourth-order valence-electron chi connectivity index (χ4n) is 2.17. The Morgan fingerprint density at radius 3 is 2.33 bits per heavy atom. The summed E-state index contributed by atoms with van der Waals surface area (Å²) >= 11 is 12.1. The van der Waals surface area contributed by atoms with Gasteiger partial charge in [-0.15, -0.1) is 0 Å². The number of hydrogen-bond donors (Lipinski definition) is 1. The molecule has 2 unspecified atom stereocenters. The highest BCUT2D eigenvalue weighted by molar-refractivity contribution is 6.31. The molecule has 21 heavy (non-hydrogen) atoms. The smallest absolute Gasteiger partial charge is 0.138 e. The lowest BCUT2D eigenvalue weighted by molar-refractivity contribution is 0.180. The zero-order chi connectivity index (χ0) is 15.4. The first-order chi connectivity index (χ1) is 10.0. The van der Waals surface area contributed by atoms with Gasteiger partial charge in [-0.05, 0) is 54.8 Å². The van der Waals surface area contributed by atoms with Crippen molar-refractivity contribution in [3.8, 4) is 5.75 Å². The second-order valence-corrected chi connectivity index (χ2v) is 5.90. The van der Waals surface area contributed by atoms with Crippen LogP contribution in [0.2, 0.25) is 10.0 Å². The first kappa shape index (κ1) is 16.2. The lowest BCUT2D eigenvalue weighted by Crippen LogP contribution is -2.29. The fourth-order valence-corrected chi connectivity index (χ4v) is 2.55. The van der Waals surface area contributed by atoms with Crippen LogP contribution in [0.1, 0.15) is 31.1 Å².